The number of carboxylic acid groups (broad SMARTS) is 1. The first-order valence-corrected chi connectivity index (χ1v) is 18.4. The van der Waals surface area contributed by atoms with Gasteiger partial charge in [0.25, 0.3) is 0 Å². The Morgan fingerprint density at radius 2 is 1.60 bits per heavy atom. The van der Waals surface area contributed by atoms with E-state index in [-0.39, 0.29) is 6.42 Å². The molecule has 3 amide bonds. The van der Waals surface area contributed by atoms with Gasteiger partial charge in [-0.3, -0.25) is 19.2 Å². The summed E-state index contributed by atoms with van der Waals surface area (Å²) in [7, 11) is -3.80. The van der Waals surface area contributed by atoms with Crippen LogP contribution in [0.5, 0.6) is 0 Å². The molecule has 0 bridgehead atoms. The number of carbonyl (C=O) groups excluding carboxylic acids is 5. The molecule has 0 spiro atoms. The van der Waals surface area contributed by atoms with E-state index < -0.39 is 103 Å². The van der Waals surface area contributed by atoms with Gasteiger partial charge in [0.15, 0.2) is 9.84 Å². The summed E-state index contributed by atoms with van der Waals surface area (Å²) in [4.78, 5) is 76.0. The van der Waals surface area contributed by atoms with E-state index >= 15 is 0 Å². The summed E-state index contributed by atoms with van der Waals surface area (Å²) in [5, 5.41) is 9.39. The molecule has 5 rings (SSSR count). The Morgan fingerprint density at radius 1 is 1.00 bits per heavy atom. The lowest BCUT2D eigenvalue weighted by atomic mass is 9.95. The number of nitrogens with zero attached hydrogens (tertiary/aromatic N) is 2. The fraction of sp³-hybridized carbons (Fsp3) is 0.613. The van der Waals surface area contributed by atoms with Crippen molar-refractivity contribution < 1.29 is 51.8 Å². The zero-order chi connectivity index (χ0) is 37.3. The van der Waals surface area contributed by atoms with Gasteiger partial charge in [-0.2, -0.15) is 0 Å². The van der Waals surface area contributed by atoms with E-state index in [0.717, 1.165) is 17.7 Å². The van der Waals surface area contributed by atoms with E-state index in [1.807, 2.05) is 0 Å². The van der Waals surface area contributed by atoms with Crippen LogP contribution in [0.3, 0.4) is 0 Å². The van der Waals surface area contributed by atoms with Crippen molar-refractivity contribution in [2.45, 2.75) is 104 Å². The fourth-order valence-electron chi connectivity index (χ4n) is 6.33. The predicted octanol–water partition coefficient (Wildman–Crippen LogP) is -1.06. The van der Waals surface area contributed by atoms with Gasteiger partial charge in [-0.25, -0.2) is 18.0 Å². The number of nitrogens with two attached hydrogens (primary N) is 3. The number of unbranched alkanes of at least 4 members (excludes halogenated alkanes) is 1. The number of ether oxygens (including phenoxy) is 2. The highest BCUT2D eigenvalue weighted by atomic mass is 32.2. The number of esters is 2. The second-order valence-electron chi connectivity index (χ2n) is 13.4. The maximum absolute atomic E-state index is 13.0. The summed E-state index contributed by atoms with van der Waals surface area (Å²) in [5.41, 5.74) is 17.1. The van der Waals surface area contributed by atoms with E-state index in [2.05, 4.69) is 5.32 Å². The van der Waals surface area contributed by atoms with Crippen LogP contribution in [-0.4, -0.2) is 117 Å². The Hall–Kier alpha value is -3.78. The van der Waals surface area contributed by atoms with E-state index in [9.17, 15) is 37.2 Å². The quantitative estimate of drug-likeness (QED) is 0.0740. The van der Waals surface area contributed by atoms with Crippen molar-refractivity contribution in [1.29, 1.82) is 0 Å². The molecule has 8 N–H and O–H groups in total. The Kier molecular flexibility index (Phi) is 11.6. The molecule has 1 unspecified atom stereocenters. The number of hydrogen-bond donors (Lipinski definition) is 5. The molecule has 0 aliphatic carbocycles. The molecule has 4 heterocycles. The monoisotopic (exact) mass is 740 g/mol. The third-order valence-electron chi connectivity index (χ3n) is 9.29. The lowest BCUT2D eigenvalue weighted by Gasteiger charge is -2.44. The first-order chi connectivity index (χ1) is 23.3. The molecule has 19 heteroatoms. The first-order valence-electron chi connectivity index (χ1n) is 16.0. The van der Waals surface area contributed by atoms with Gasteiger partial charge in [0.1, 0.15) is 41.0 Å². The van der Waals surface area contributed by atoms with Crippen molar-refractivity contribution in [3.63, 3.8) is 0 Å². The summed E-state index contributed by atoms with van der Waals surface area (Å²) in [5.74, 6) is -4.25. The van der Waals surface area contributed by atoms with Crippen LogP contribution in [0, 0.1) is 0 Å². The molecule has 4 fully saturated rings. The standard InChI is InChI=1S/C25H30N4O9S2.C6H14N2O2/c1-24(2)17(29-20(32)16(21(29)39-24)27-19(31)15(26)12-8-6-5-7-9-12)22(33)37-11-38-23(34)18-25(3,4)40(35,36)14-10-13(30)28(14)18;7-4-2-1-3-5(8)6(9)10/h5-9,14-18,21H,10-11,26H2,1-4H3,(H,27,31);5H,1-4,7-8H2,(H,9,10)/t14-,15-,16-,17+,18+,21-;/m1./s1. The van der Waals surface area contributed by atoms with Crippen molar-refractivity contribution in [1.82, 2.24) is 15.1 Å². The second-order valence-corrected chi connectivity index (χ2v) is 17.9. The summed E-state index contributed by atoms with van der Waals surface area (Å²) in [6.07, 6.45) is 1.97. The molecule has 276 valence electrons. The zero-order valence-electron chi connectivity index (χ0n) is 28.1. The number of nitrogens with one attached hydrogen (secondary N) is 1. The normalized spacial score (nSPS) is 27.6. The molecule has 4 aliphatic heterocycles. The van der Waals surface area contributed by atoms with Gasteiger partial charge in [0.2, 0.25) is 24.5 Å². The van der Waals surface area contributed by atoms with Crippen molar-refractivity contribution >= 4 is 57.2 Å². The molecule has 1 aromatic rings. The summed E-state index contributed by atoms with van der Waals surface area (Å²) < 4.78 is 33.3. The van der Waals surface area contributed by atoms with Gasteiger partial charge >= 0.3 is 17.9 Å². The van der Waals surface area contributed by atoms with Crippen molar-refractivity contribution in [2.75, 3.05) is 13.3 Å². The minimum Gasteiger partial charge on any atom is -0.480 e. The average Bonchev–Trinajstić information content (AvgIpc) is 3.38. The topological polar surface area (TPSA) is 272 Å². The van der Waals surface area contributed by atoms with E-state index in [1.165, 1.54) is 30.5 Å². The van der Waals surface area contributed by atoms with Crippen LogP contribution in [0.2, 0.25) is 0 Å². The summed E-state index contributed by atoms with van der Waals surface area (Å²) in [6, 6.07) is 3.74. The van der Waals surface area contributed by atoms with Gasteiger partial charge in [-0.15, -0.1) is 11.8 Å². The van der Waals surface area contributed by atoms with Gasteiger partial charge < -0.3 is 46.9 Å². The summed E-state index contributed by atoms with van der Waals surface area (Å²) in [6.45, 7) is 5.97. The number of sulfone groups is 1. The van der Waals surface area contributed by atoms with Crippen LogP contribution in [0.25, 0.3) is 0 Å². The molecular weight excluding hydrogens is 697 g/mol. The lowest BCUT2D eigenvalue weighted by Crippen LogP contribution is -2.71. The van der Waals surface area contributed by atoms with E-state index in [4.69, 9.17) is 31.8 Å². The molecule has 7 atom stereocenters. The Morgan fingerprint density at radius 3 is 2.16 bits per heavy atom. The largest absolute Gasteiger partial charge is 0.480 e. The number of aliphatic carboxylic acids is 1. The van der Waals surface area contributed by atoms with E-state index in [1.54, 1.807) is 44.2 Å². The van der Waals surface area contributed by atoms with Crippen LogP contribution in [0.4, 0.5) is 0 Å². The molecule has 1 aromatic carbocycles. The number of thioether (sulfide) groups is 1. The average molecular weight is 741 g/mol. The van der Waals surface area contributed by atoms with Gasteiger partial charge in [0.05, 0.1) is 11.2 Å². The highest BCUT2D eigenvalue weighted by Crippen LogP contribution is 2.51. The first kappa shape index (κ1) is 39.0. The maximum atomic E-state index is 13.0. The maximum Gasteiger partial charge on any atom is 0.333 e. The number of hydrogen-bond acceptors (Lipinski definition) is 14. The molecule has 17 nitrogen and oxygen atoms in total. The smallest absolute Gasteiger partial charge is 0.333 e. The van der Waals surface area contributed by atoms with Crippen LogP contribution >= 0.6 is 11.8 Å². The van der Waals surface area contributed by atoms with Crippen molar-refractivity contribution in [3.8, 4) is 0 Å². The van der Waals surface area contributed by atoms with Crippen LogP contribution in [0.1, 0.15) is 65.0 Å². The van der Waals surface area contributed by atoms with Crippen LogP contribution in [0.15, 0.2) is 30.3 Å². The fourth-order valence-corrected chi connectivity index (χ4v) is 10.1. The van der Waals surface area contributed by atoms with Crippen molar-refractivity contribution in [3.05, 3.63) is 35.9 Å². The lowest BCUT2D eigenvalue weighted by molar-refractivity contribution is -0.181. The third kappa shape index (κ3) is 7.19. The Labute approximate surface area is 293 Å². The molecule has 0 aromatic heterocycles. The number of β-lactam (4-membered cyclic amide) rings is 2. The Balaban J connectivity index is 0.000000490. The minimum absolute atomic E-state index is 0.191. The van der Waals surface area contributed by atoms with Crippen LogP contribution < -0.4 is 22.5 Å². The molecule has 4 aliphatic rings. The van der Waals surface area contributed by atoms with Gasteiger partial charge in [0, 0.05) is 4.75 Å². The third-order valence-corrected chi connectivity index (χ3v) is 13.7. The molecule has 4 saturated heterocycles. The number of carboxylic acids is 1. The molecule has 50 heavy (non-hydrogen) atoms. The highest BCUT2D eigenvalue weighted by Gasteiger charge is 2.68. The molecule has 0 saturated carbocycles. The number of carbonyl (C=O) groups is 6. The van der Waals surface area contributed by atoms with Crippen molar-refractivity contribution in [2.24, 2.45) is 17.2 Å². The second kappa shape index (κ2) is 14.8. The SMILES string of the molecule is CC1(C)S[C@@H]2[C@H](NC(=O)[C@H](N)c3ccccc3)C(=O)N2[C@H]1C(=O)OCOC(=O)[C@@H]1N2C(=O)C[C@H]2S(=O)(=O)C1(C)C.NCCCCC(N)C(=O)O. The highest BCUT2D eigenvalue weighted by molar-refractivity contribution is 8.01. The summed E-state index contributed by atoms with van der Waals surface area (Å²) >= 11 is 1.31. The van der Waals surface area contributed by atoms with E-state index in [0.29, 0.717) is 18.5 Å². The van der Waals surface area contributed by atoms with Gasteiger partial charge in [-0.05, 0) is 52.6 Å². The molecular formula is C31H44N6O11S2. The Bertz CT molecular complexity index is 1620. The number of amides is 3. The number of benzene rings is 1. The minimum atomic E-state index is -3.80. The number of rotatable bonds is 12. The number of fused-ring (bicyclic) bond motifs is 2. The zero-order valence-corrected chi connectivity index (χ0v) is 29.8. The predicted molar refractivity (Wildman–Crippen MR) is 179 cm³/mol. The van der Waals surface area contributed by atoms with Gasteiger partial charge in [-0.1, -0.05) is 36.8 Å². The molecule has 0 radical (unpaired) electrons. The van der Waals surface area contributed by atoms with Crippen LogP contribution in [-0.2, 0) is 48.1 Å².